The molecule has 2 N–H and O–H groups in total. The summed E-state index contributed by atoms with van der Waals surface area (Å²) < 4.78 is 5.11. The van der Waals surface area contributed by atoms with Crippen molar-refractivity contribution in [2.24, 2.45) is 0 Å². The molecule has 4 nitrogen and oxygen atoms in total. The van der Waals surface area contributed by atoms with Crippen molar-refractivity contribution in [2.45, 2.75) is 25.9 Å². The van der Waals surface area contributed by atoms with Crippen molar-refractivity contribution in [3.8, 4) is 0 Å². The first-order chi connectivity index (χ1) is 8.74. The number of carbonyl (C=O) groups is 1. The third kappa shape index (κ3) is 5.80. The molecule has 0 aliphatic rings. The van der Waals surface area contributed by atoms with Gasteiger partial charge < -0.3 is 15.2 Å². The van der Waals surface area contributed by atoms with Gasteiger partial charge >= 0.3 is 0 Å². The second-order valence-corrected chi connectivity index (χ2v) is 4.12. The fourth-order valence-corrected chi connectivity index (χ4v) is 1.55. The number of ether oxygens (including phenoxy) is 1. The molecule has 0 bridgehead atoms. The first kappa shape index (κ1) is 14.7. The number of aliphatic hydroxyl groups excluding tert-OH is 1. The van der Waals surface area contributed by atoms with Crippen LogP contribution in [0.15, 0.2) is 30.3 Å². The smallest absolute Gasteiger partial charge is 0.245 e. The number of carbonyl (C=O) groups excluding carboxylic acids is 1. The molecule has 1 rings (SSSR count). The number of benzene rings is 1. The van der Waals surface area contributed by atoms with Gasteiger partial charge in [-0.3, -0.25) is 4.79 Å². The third-order valence-corrected chi connectivity index (χ3v) is 2.51. The van der Waals surface area contributed by atoms with Gasteiger partial charge in [0.2, 0.25) is 5.91 Å². The van der Waals surface area contributed by atoms with Crippen LogP contribution in [-0.4, -0.2) is 30.8 Å². The van der Waals surface area contributed by atoms with Crippen molar-refractivity contribution in [1.29, 1.82) is 0 Å². The highest BCUT2D eigenvalue weighted by Crippen LogP contribution is 2.14. The highest BCUT2D eigenvalue weighted by atomic mass is 16.5. The summed E-state index contributed by atoms with van der Waals surface area (Å²) >= 11 is 0. The minimum atomic E-state index is -0.539. The second kappa shape index (κ2) is 8.66. The van der Waals surface area contributed by atoms with E-state index in [1.807, 2.05) is 37.3 Å². The number of aliphatic hydroxyl groups is 1. The molecule has 0 radical (unpaired) electrons. The lowest BCUT2D eigenvalue weighted by Gasteiger charge is -2.11. The van der Waals surface area contributed by atoms with E-state index in [0.717, 1.165) is 12.0 Å². The summed E-state index contributed by atoms with van der Waals surface area (Å²) in [5, 5.41) is 12.6. The Hall–Kier alpha value is -1.39. The van der Waals surface area contributed by atoms with Crippen LogP contribution in [0.25, 0.3) is 0 Å². The first-order valence-corrected chi connectivity index (χ1v) is 6.31. The molecular formula is C14H21NO3. The average Bonchev–Trinajstić information content (AvgIpc) is 2.40. The van der Waals surface area contributed by atoms with Crippen molar-refractivity contribution in [1.82, 2.24) is 5.32 Å². The van der Waals surface area contributed by atoms with Gasteiger partial charge in [0, 0.05) is 13.2 Å². The Morgan fingerprint density at radius 2 is 2.11 bits per heavy atom. The van der Waals surface area contributed by atoms with E-state index in [2.05, 4.69) is 5.32 Å². The number of hydrogen-bond acceptors (Lipinski definition) is 3. The lowest BCUT2D eigenvalue weighted by molar-refractivity contribution is -0.125. The Kier molecular flexibility index (Phi) is 7.06. The first-order valence-electron chi connectivity index (χ1n) is 6.31. The zero-order chi connectivity index (χ0) is 13.2. The second-order valence-electron chi connectivity index (χ2n) is 4.12. The van der Waals surface area contributed by atoms with E-state index in [9.17, 15) is 9.90 Å². The Bertz CT molecular complexity index is 340. The number of nitrogens with one attached hydrogen (secondary N) is 1. The van der Waals surface area contributed by atoms with Gasteiger partial charge in [-0.05, 0) is 18.4 Å². The van der Waals surface area contributed by atoms with E-state index in [1.165, 1.54) is 0 Å². The molecule has 0 aliphatic carbocycles. The average molecular weight is 251 g/mol. The lowest BCUT2D eigenvalue weighted by atomic mass is 10.1. The SMILES string of the molecule is CCCOCC(=O)NCCC(O)c1ccccc1. The predicted octanol–water partition coefficient (Wildman–Crippen LogP) is 1.65. The predicted molar refractivity (Wildman–Crippen MR) is 70.1 cm³/mol. The Morgan fingerprint density at radius 1 is 1.39 bits per heavy atom. The number of rotatable bonds is 8. The van der Waals surface area contributed by atoms with Crippen LogP contribution in [0.3, 0.4) is 0 Å². The summed E-state index contributed by atoms with van der Waals surface area (Å²) in [5.74, 6) is -0.135. The van der Waals surface area contributed by atoms with Gasteiger partial charge in [0.15, 0.2) is 0 Å². The summed E-state index contributed by atoms with van der Waals surface area (Å²) in [6.45, 7) is 3.13. The minimum absolute atomic E-state index is 0.0925. The van der Waals surface area contributed by atoms with E-state index < -0.39 is 6.10 Å². The minimum Gasteiger partial charge on any atom is -0.388 e. The molecule has 0 aromatic heterocycles. The zero-order valence-corrected chi connectivity index (χ0v) is 10.8. The summed E-state index contributed by atoms with van der Waals surface area (Å²) in [6.07, 6.45) is 0.867. The fraction of sp³-hybridized carbons (Fsp3) is 0.500. The molecule has 0 fully saturated rings. The molecule has 18 heavy (non-hydrogen) atoms. The van der Waals surface area contributed by atoms with Crippen molar-refractivity contribution < 1.29 is 14.6 Å². The van der Waals surface area contributed by atoms with Crippen LogP contribution >= 0.6 is 0 Å². The Balaban J connectivity index is 2.16. The topological polar surface area (TPSA) is 58.6 Å². The van der Waals surface area contributed by atoms with Crippen LogP contribution < -0.4 is 5.32 Å². The monoisotopic (exact) mass is 251 g/mol. The molecule has 1 unspecified atom stereocenters. The van der Waals surface area contributed by atoms with Crippen LogP contribution in [0.5, 0.6) is 0 Å². The quantitative estimate of drug-likeness (QED) is 0.691. The van der Waals surface area contributed by atoms with Gasteiger partial charge in [-0.15, -0.1) is 0 Å². The highest BCUT2D eigenvalue weighted by molar-refractivity contribution is 5.77. The standard InChI is InChI=1S/C14H21NO3/c1-2-10-18-11-14(17)15-9-8-13(16)12-6-4-3-5-7-12/h3-7,13,16H,2,8-11H2,1H3,(H,15,17). The van der Waals surface area contributed by atoms with E-state index in [4.69, 9.17) is 4.74 Å². The van der Waals surface area contributed by atoms with Crippen LogP contribution in [0.1, 0.15) is 31.4 Å². The van der Waals surface area contributed by atoms with Crippen LogP contribution in [0.4, 0.5) is 0 Å². The van der Waals surface area contributed by atoms with Gasteiger partial charge in [-0.25, -0.2) is 0 Å². The number of amides is 1. The molecular weight excluding hydrogens is 230 g/mol. The van der Waals surface area contributed by atoms with E-state index >= 15 is 0 Å². The maximum absolute atomic E-state index is 11.3. The van der Waals surface area contributed by atoms with Crippen molar-refractivity contribution >= 4 is 5.91 Å². The van der Waals surface area contributed by atoms with Gasteiger partial charge in [-0.1, -0.05) is 37.3 Å². The van der Waals surface area contributed by atoms with Gasteiger partial charge in [0.25, 0.3) is 0 Å². The zero-order valence-electron chi connectivity index (χ0n) is 10.8. The van der Waals surface area contributed by atoms with Crippen LogP contribution in [0.2, 0.25) is 0 Å². The molecule has 0 saturated heterocycles. The Morgan fingerprint density at radius 3 is 2.78 bits per heavy atom. The molecule has 100 valence electrons. The largest absolute Gasteiger partial charge is 0.388 e. The molecule has 0 spiro atoms. The summed E-state index contributed by atoms with van der Waals surface area (Å²) in [7, 11) is 0. The number of hydrogen-bond donors (Lipinski definition) is 2. The molecule has 1 aromatic rings. The molecule has 4 heteroatoms. The van der Waals surface area contributed by atoms with E-state index in [0.29, 0.717) is 19.6 Å². The fourth-order valence-electron chi connectivity index (χ4n) is 1.55. The highest BCUT2D eigenvalue weighted by Gasteiger charge is 2.07. The molecule has 1 aromatic carbocycles. The van der Waals surface area contributed by atoms with Crippen molar-refractivity contribution in [2.75, 3.05) is 19.8 Å². The molecule has 1 amide bonds. The maximum Gasteiger partial charge on any atom is 0.245 e. The van der Waals surface area contributed by atoms with Gasteiger partial charge in [-0.2, -0.15) is 0 Å². The summed E-state index contributed by atoms with van der Waals surface area (Å²) in [5.41, 5.74) is 0.869. The molecule has 1 atom stereocenters. The molecule has 0 aliphatic heterocycles. The van der Waals surface area contributed by atoms with Crippen LogP contribution in [0, 0.1) is 0 Å². The lowest BCUT2D eigenvalue weighted by Crippen LogP contribution is -2.29. The van der Waals surface area contributed by atoms with Crippen molar-refractivity contribution in [3.05, 3.63) is 35.9 Å². The van der Waals surface area contributed by atoms with Gasteiger partial charge in [0.1, 0.15) is 6.61 Å². The van der Waals surface area contributed by atoms with E-state index in [1.54, 1.807) is 0 Å². The molecule has 0 saturated carbocycles. The van der Waals surface area contributed by atoms with Crippen molar-refractivity contribution in [3.63, 3.8) is 0 Å². The van der Waals surface area contributed by atoms with Crippen LogP contribution in [-0.2, 0) is 9.53 Å². The van der Waals surface area contributed by atoms with E-state index in [-0.39, 0.29) is 12.5 Å². The summed E-state index contributed by atoms with van der Waals surface area (Å²) in [4.78, 5) is 11.3. The third-order valence-electron chi connectivity index (χ3n) is 2.51. The molecule has 0 heterocycles. The van der Waals surface area contributed by atoms with Gasteiger partial charge in [0.05, 0.1) is 6.10 Å². The summed E-state index contributed by atoms with van der Waals surface area (Å²) in [6, 6.07) is 9.42. The maximum atomic E-state index is 11.3. The normalized spacial score (nSPS) is 12.1. The Labute approximate surface area is 108 Å².